The summed E-state index contributed by atoms with van der Waals surface area (Å²) in [4.78, 5) is 37.0. The van der Waals surface area contributed by atoms with Gasteiger partial charge in [-0.05, 0) is 83.3 Å². The van der Waals surface area contributed by atoms with Crippen LogP contribution < -0.4 is 10.6 Å². The maximum absolute atomic E-state index is 13.6. The SMILES string of the molecule is CC(C)(C)c1ccc(-c2cc(C(=O)NCCCCNC(=O)c3cc(-c4ccc(C(C)(C)C)cc4)nc4ccc(Br)cc34)c3cc(Br)ccc3n2)cc1. The Balaban J connectivity index is 1.11. The number of hydrogen-bond acceptors (Lipinski definition) is 4. The highest BCUT2D eigenvalue weighted by molar-refractivity contribution is 9.10. The third kappa shape index (κ3) is 8.62. The molecule has 2 N–H and O–H groups in total. The molecule has 0 saturated heterocycles. The van der Waals surface area contributed by atoms with Crippen LogP contribution in [0.25, 0.3) is 44.3 Å². The van der Waals surface area contributed by atoms with Crippen LogP contribution in [0.1, 0.15) is 86.2 Å². The van der Waals surface area contributed by atoms with Gasteiger partial charge in [0.1, 0.15) is 0 Å². The summed E-state index contributed by atoms with van der Waals surface area (Å²) in [6.07, 6.45) is 1.40. The molecule has 0 aliphatic heterocycles. The molecule has 0 saturated carbocycles. The van der Waals surface area contributed by atoms with E-state index in [0.717, 1.165) is 53.3 Å². The van der Waals surface area contributed by atoms with E-state index in [2.05, 4.69) is 133 Å². The molecule has 4 aromatic carbocycles. The van der Waals surface area contributed by atoms with Crippen LogP contribution >= 0.6 is 31.9 Å². The summed E-state index contributed by atoms with van der Waals surface area (Å²) in [5.74, 6) is -0.307. The molecule has 0 spiro atoms. The zero-order chi connectivity index (χ0) is 37.2. The van der Waals surface area contributed by atoms with Crippen molar-refractivity contribution in [3.63, 3.8) is 0 Å². The van der Waals surface area contributed by atoms with E-state index in [1.54, 1.807) is 0 Å². The fourth-order valence-electron chi connectivity index (χ4n) is 6.19. The van der Waals surface area contributed by atoms with Crippen molar-refractivity contribution in [2.45, 2.75) is 65.2 Å². The molecule has 0 atom stereocenters. The lowest BCUT2D eigenvalue weighted by atomic mass is 9.86. The number of rotatable bonds is 9. The number of pyridine rings is 2. The molecule has 0 radical (unpaired) electrons. The Morgan fingerprint density at radius 2 is 0.904 bits per heavy atom. The van der Waals surface area contributed by atoms with Gasteiger partial charge in [0.2, 0.25) is 0 Å². The molecule has 266 valence electrons. The van der Waals surface area contributed by atoms with E-state index < -0.39 is 0 Å². The van der Waals surface area contributed by atoms with Crippen LogP contribution in [-0.4, -0.2) is 34.9 Å². The standard InChI is InChI=1S/C44H44Br2N4O2/c1-43(2,3)29-13-9-27(10-14-29)39-25-35(33-23-31(45)17-19-37(33)49-39)41(51)47-21-7-8-22-48-42(52)36-26-40(50-38-20-18-32(46)24-34(36)38)28-11-15-30(16-12-28)44(4,5)6/h9-20,23-26H,7-8,21-22H2,1-6H3,(H,47,51)(H,48,52). The number of nitrogens with zero attached hydrogens (tertiary/aromatic N) is 2. The number of carbonyl (C=O) groups excluding carboxylic acids is 2. The predicted octanol–water partition coefficient (Wildman–Crippen LogP) is 11.2. The van der Waals surface area contributed by atoms with Gasteiger partial charge < -0.3 is 10.6 Å². The summed E-state index contributed by atoms with van der Waals surface area (Å²) in [6, 6.07) is 32.2. The second-order valence-electron chi connectivity index (χ2n) is 15.3. The summed E-state index contributed by atoms with van der Waals surface area (Å²) in [5.41, 5.74) is 8.67. The van der Waals surface area contributed by atoms with Crippen LogP contribution in [0.4, 0.5) is 0 Å². The summed E-state index contributed by atoms with van der Waals surface area (Å²) < 4.78 is 1.77. The summed E-state index contributed by atoms with van der Waals surface area (Å²) in [5, 5.41) is 7.77. The van der Waals surface area contributed by atoms with Crippen molar-refractivity contribution < 1.29 is 9.59 Å². The molecule has 6 rings (SSSR count). The van der Waals surface area contributed by atoms with Crippen LogP contribution in [0.15, 0.2) is 106 Å². The summed E-state index contributed by atoms with van der Waals surface area (Å²) >= 11 is 7.11. The molecule has 0 unspecified atom stereocenters. The number of aromatic nitrogens is 2. The van der Waals surface area contributed by atoms with E-state index in [0.29, 0.717) is 37.1 Å². The third-order valence-corrected chi connectivity index (χ3v) is 10.3. The number of benzene rings is 4. The lowest BCUT2D eigenvalue weighted by Crippen LogP contribution is -2.27. The maximum atomic E-state index is 13.6. The number of carbonyl (C=O) groups is 2. The van der Waals surface area contributed by atoms with E-state index in [4.69, 9.17) is 9.97 Å². The van der Waals surface area contributed by atoms with Crippen molar-refractivity contribution >= 4 is 65.5 Å². The second-order valence-corrected chi connectivity index (χ2v) is 17.1. The first kappa shape index (κ1) is 37.4. The van der Waals surface area contributed by atoms with Crippen molar-refractivity contribution in [2.24, 2.45) is 0 Å². The van der Waals surface area contributed by atoms with Crippen molar-refractivity contribution in [1.29, 1.82) is 0 Å². The Kier molecular flexibility index (Phi) is 11.0. The molecule has 0 bridgehead atoms. The van der Waals surface area contributed by atoms with E-state index in [1.165, 1.54) is 11.1 Å². The van der Waals surface area contributed by atoms with Crippen molar-refractivity contribution in [1.82, 2.24) is 20.6 Å². The molecule has 0 aliphatic carbocycles. The van der Waals surface area contributed by atoms with Crippen LogP contribution in [0.3, 0.4) is 0 Å². The number of amides is 2. The van der Waals surface area contributed by atoms with E-state index in [1.807, 2.05) is 48.5 Å². The van der Waals surface area contributed by atoms with Crippen molar-refractivity contribution in [2.75, 3.05) is 13.1 Å². The highest BCUT2D eigenvalue weighted by atomic mass is 79.9. The lowest BCUT2D eigenvalue weighted by Gasteiger charge is -2.19. The highest BCUT2D eigenvalue weighted by Crippen LogP contribution is 2.31. The molecule has 52 heavy (non-hydrogen) atoms. The van der Waals surface area contributed by atoms with E-state index in [9.17, 15) is 9.59 Å². The topological polar surface area (TPSA) is 84.0 Å². The van der Waals surface area contributed by atoms with Crippen molar-refractivity contribution in [3.8, 4) is 22.5 Å². The summed E-state index contributed by atoms with van der Waals surface area (Å²) in [7, 11) is 0. The number of unbranched alkanes of at least 4 members (excludes halogenated alkanes) is 1. The molecule has 0 fully saturated rings. The molecular weight excluding hydrogens is 776 g/mol. The first-order valence-corrected chi connectivity index (χ1v) is 19.2. The Bertz CT molecular complexity index is 2110. The molecule has 2 aromatic heterocycles. The Morgan fingerprint density at radius 3 is 1.25 bits per heavy atom. The minimum Gasteiger partial charge on any atom is -0.352 e. The van der Waals surface area contributed by atoms with Crippen LogP contribution in [0.2, 0.25) is 0 Å². The fraction of sp³-hybridized carbons (Fsp3) is 0.273. The molecule has 0 aliphatic rings. The average molecular weight is 821 g/mol. The van der Waals surface area contributed by atoms with Gasteiger partial charge in [0.05, 0.1) is 33.5 Å². The first-order valence-electron chi connectivity index (χ1n) is 17.7. The zero-order valence-corrected chi connectivity index (χ0v) is 33.7. The minimum atomic E-state index is -0.154. The Labute approximate surface area is 323 Å². The molecule has 2 heterocycles. The van der Waals surface area contributed by atoms with Gasteiger partial charge in [0.15, 0.2) is 0 Å². The first-order chi connectivity index (χ1) is 24.7. The van der Waals surface area contributed by atoms with Gasteiger partial charge in [-0.3, -0.25) is 9.59 Å². The normalized spacial score (nSPS) is 11.9. The van der Waals surface area contributed by atoms with E-state index >= 15 is 0 Å². The maximum Gasteiger partial charge on any atom is 0.252 e. The van der Waals surface area contributed by atoms with Gasteiger partial charge in [-0.1, -0.05) is 122 Å². The lowest BCUT2D eigenvalue weighted by molar-refractivity contribution is 0.0941. The summed E-state index contributed by atoms with van der Waals surface area (Å²) in [6.45, 7) is 14.1. The number of fused-ring (bicyclic) bond motifs is 2. The van der Waals surface area contributed by atoms with Gasteiger partial charge >= 0.3 is 0 Å². The van der Waals surface area contributed by atoms with Gasteiger partial charge in [-0.25, -0.2) is 9.97 Å². The molecule has 6 nitrogen and oxygen atoms in total. The van der Waals surface area contributed by atoms with E-state index in [-0.39, 0.29) is 22.6 Å². The van der Waals surface area contributed by atoms with Crippen LogP contribution in [0.5, 0.6) is 0 Å². The largest absolute Gasteiger partial charge is 0.352 e. The van der Waals surface area contributed by atoms with Gasteiger partial charge in [0.25, 0.3) is 11.8 Å². The van der Waals surface area contributed by atoms with Crippen LogP contribution in [-0.2, 0) is 10.8 Å². The third-order valence-electron chi connectivity index (χ3n) is 9.30. The van der Waals surface area contributed by atoms with Gasteiger partial charge in [0, 0.05) is 43.9 Å². The Morgan fingerprint density at radius 1 is 0.538 bits per heavy atom. The molecule has 6 aromatic rings. The molecule has 8 heteroatoms. The zero-order valence-electron chi connectivity index (χ0n) is 30.5. The fourth-order valence-corrected chi connectivity index (χ4v) is 6.92. The number of nitrogens with one attached hydrogen (secondary N) is 2. The van der Waals surface area contributed by atoms with Crippen molar-refractivity contribution in [3.05, 3.63) is 128 Å². The smallest absolute Gasteiger partial charge is 0.252 e. The minimum absolute atomic E-state index is 0.0448. The molecular formula is C44H44Br2N4O2. The predicted molar refractivity (Wildman–Crippen MR) is 221 cm³/mol. The number of hydrogen-bond donors (Lipinski definition) is 2. The second kappa shape index (κ2) is 15.3. The van der Waals surface area contributed by atoms with Gasteiger partial charge in [-0.2, -0.15) is 0 Å². The quantitative estimate of drug-likeness (QED) is 0.142. The monoisotopic (exact) mass is 818 g/mol. The Hall–Kier alpha value is -4.40. The van der Waals surface area contributed by atoms with Crippen LogP contribution in [0, 0.1) is 0 Å². The number of halogens is 2. The van der Waals surface area contributed by atoms with Gasteiger partial charge in [-0.15, -0.1) is 0 Å². The molecule has 2 amide bonds. The highest BCUT2D eigenvalue weighted by Gasteiger charge is 2.19. The average Bonchev–Trinajstić information content (AvgIpc) is 3.11.